The maximum absolute atomic E-state index is 12.0. The van der Waals surface area contributed by atoms with Gasteiger partial charge in [-0.15, -0.1) is 0 Å². The van der Waals surface area contributed by atoms with E-state index in [9.17, 15) is 4.79 Å². The molecule has 0 aliphatic rings. The van der Waals surface area contributed by atoms with Crippen molar-refractivity contribution in [2.24, 2.45) is 0 Å². The zero-order valence-electron chi connectivity index (χ0n) is 9.35. The molecular weight excluding hydrogens is 238 g/mol. The summed E-state index contributed by atoms with van der Waals surface area (Å²) >= 11 is 5.74. The van der Waals surface area contributed by atoms with Gasteiger partial charge in [-0.05, 0) is 31.2 Å². The fourth-order valence-corrected chi connectivity index (χ4v) is 1.72. The van der Waals surface area contributed by atoms with Crippen LogP contribution < -0.4 is 5.32 Å². The van der Waals surface area contributed by atoms with E-state index in [-0.39, 0.29) is 5.91 Å². The Labute approximate surface area is 104 Å². The first-order valence-electron chi connectivity index (χ1n) is 5.29. The maximum atomic E-state index is 12.0. The third-order valence-electron chi connectivity index (χ3n) is 2.36. The van der Waals surface area contributed by atoms with Gasteiger partial charge in [0.1, 0.15) is 16.7 Å². The van der Waals surface area contributed by atoms with E-state index in [1.165, 1.54) is 0 Å². The maximum Gasteiger partial charge on any atom is 0.273 e. The van der Waals surface area contributed by atoms with E-state index in [0.717, 1.165) is 6.54 Å². The summed E-state index contributed by atoms with van der Waals surface area (Å²) in [6.45, 7) is 2.73. The van der Waals surface area contributed by atoms with Crippen LogP contribution in [0.15, 0.2) is 36.5 Å². The van der Waals surface area contributed by atoms with Crippen LogP contribution in [0.5, 0.6) is 0 Å². The van der Waals surface area contributed by atoms with E-state index in [4.69, 9.17) is 11.6 Å². The largest absolute Gasteiger partial charge is 0.344 e. The molecule has 2 heterocycles. The van der Waals surface area contributed by atoms with Crippen LogP contribution in [-0.4, -0.2) is 15.5 Å². The van der Waals surface area contributed by atoms with Gasteiger partial charge in [-0.25, -0.2) is 4.98 Å². The number of nitrogens with one attached hydrogen (secondary N) is 1. The fourth-order valence-electron chi connectivity index (χ4n) is 1.55. The average molecular weight is 250 g/mol. The lowest BCUT2D eigenvalue weighted by molar-refractivity contribution is 0.101. The lowest BCUT2D eigenvalue weighted by Crippen LogP contribution is -2.17. The highest BCUT2D eigenvalue weighted by molar-refractivity contribution is 6.29. The Morgan fingerprint density at radius 3 is 2.94 bits per heavy atom. The van der Waals surface area contributed by atoms with Gasteiger partial charge in [-0.2, -0.15) is 0 Å². The van der Waals surface area contributed by atoms with Crippen LogP contribution in [0, 0.1) is 0 Å². The zero-order chi connectivity index (χ0) is 12.3. The molecule has 0 unspecified atom stereocenters. The SMILES string of the molecule is CCn1cccc1C(=O)Nc1cccc(Cl)n1. The first-order valence-corrected chi connectivity index (χ1v) is 5.67. The highest BCUT2D eigenvalue weighted by Crippen LogP contribution is 2.11. The molecule has 0 spiro atoms. The third kappa shape index (κ3) is 2.65. The number of anilines is 1. The number of hydrogen-bond acceptors (Lipinski definition) is 2. The number of nitrogens with zero attached hydrogens (tertiary/aromatic N) is 2. The molecule has 88 valence electrons. The number of pyridine rings is 1. The molecule has 0 bridgehead atoms. The summed E-state index contributed by atoms with van der Waals surface area (Å²) in [6.07, 6.45) is 1.86. The molecule has 0 saturated heterocycles. The van der Waals surface area contributed by atoms with Crippen LogP contribution in [-0.2, 0) is 6.54 Å². The molecule has 1 N–H and O–H groups in total. The molecule has 5 heteroatoms. The molecule has 0 atom stereocenters. The first kappa shape index (κ1) is 11.7. The van der Waals surface area contributed by atoms with Crippen molar-refractivity contribution in [3.63, 3.8) is 0 Å². The van der Waals surface area contributed by atoms with E-state index in [2.05, 4.69) is 10.3 Å². The minimum atomic E-state index is -0.188. The van der Waals surface area contributed by atoms with Gasteiger partial charge in [0, 0.05) is 12.7 Å². The van der Waals surface area contributed by atoms with E-state index in [0.29, 0.717) is 16.7 Å². The minimum absolute atomic E-state index is 0.188. The molecular formula is C12H12ClN3O. The minimum Gasteiger partial charge on any atom is -0.344 e. The molecule has 1 amide bonds. The Kier molecular flexibility index (Phi) is 3.44. The summed E-state index contributed by atoms with van der Waals surface area (Å²) in [6, 6.07) is 8.70. The lowest BCUT2D eigenvalue weighted by Gasteiger charge is -2.07. The summed E-state index contributed by atoms with van der Waals surface area (Å²) < 4.78 is 1.86. The smallest absolute Gasteiger partial charge is 0.273 e. The summed E-state index contributed by atoms with van der Waals surface area (Å²) in [5.41, 5.74) is 0.606. The molecule has 0 saturated carbocycles. The van der Waals surface area contributed by atoms with Crippen LogP contribution in [0.3, 0.4) is 0 Å². The van der Waals surface area contributed by atoms with Crippen molar-refractivity contribution in [3.8, 4) is 0 Å². The van der Waals surface area contributed by atoms with Gasteiger partial charge in [0.25, 0.3) is 5.91 Å². The standard InChI is InChI=1S/C12H12ClN3O/c1-2-16-8-4-5-9(16)12(17)15-11-7-3-6-10(13)14-11/h3-8H,2H2,1H3,(H,14,15,17). The zero-order valence-corrected chi connectivity index (χ0v) is 10.1. The molecule has 0 aliphatic carbocycles. The topological polar surface area (TPSA) is 46.9 Å². The summed E-state index contributed by atoms with van der Waals surface area (Å²) in [4.78, 5) is 16.0. The van der Waals surface area contributed by atoms with Gasteiger partial charge < -0.3 is 9.88 Å². The van der Waals surface area contributed by atoms with Crippen molar-refractivity contribution in [1.29, 1.82) is 0 Å². The molecule has 17 heavy (non-hydrogen) atoms. The van der Waals surface area contributed by atoms with Crippen LogP contribution in [0.25, 0.3) is 0 Å². The number of carbonyl (C=O) groups excluding carboxylic acids is 1. The molecule has 2 rings (SSSR count). The van der Waals surface area contributed by atoms with Crippen LogP contribution in [0.2, 0.25) is 5.15 Å². The first-order chi connectivity index (χ1) is 8.20. The quantitative estimate of drug-likeness (QED) is 0.851. The van der Waals surface area contributed by atoms with E-state index in [1.807, 2.05) is 23.8 Å². The van der Waals surface area contributed by atoms with E-state index < -0.39 is 0 Å². The van der Waals surface area contributed by atoms with Crippen molar-refractivity contribution >= 4 is 23.3 Å². The summed E-state index contributed by atoms with van der Waals surface area (Å²) in [5.74, 6) is 0.262. The normalized spacial score (nSPS) is 10.2. The van der Waals surface area contributed by atoms with Crippen LogP contribution in [0.4, 0.5) is 5.82 Å². The van der Waals surface area contributed by atoms with Crippen LogP contribution in [0.1, 0.15) is 17.4 Å². The number of amides is 1. The Hall–Kier alpha value is -1.81. The Morgan fingerprint density at radius 2 is 2.24 bits per heavy atom. The number of hydrogen-bond donors (Lipinski definition) is 1. The Balaban J connectivity index is 2.17. The number of halogens is 1. The average Bonchev–Trinajstić information content (AvgIpc) is 2.77. The second-order valence-electron chi connectivity index (χ2n) is 3.48. The van der Waals surface area contributed by atoms with Gasteiger partial charge in [0.2, 0.25) is 0 Å². The van der Waals surface area contributed by atoms with Gasteiger partial charge in [-0.1, -0.05) is 17.7 Å². The lowest BCUT2D eigenvalue weighted by atomic mass is 10.4. The van der Waals surface area contributed by atoms with Gasteiger partial charge in [-0.3, -0.25) is 4.79 Å². The highest BCUT2D eigenvalue weighted by Gasteiger charge is 2.10. The Morgan fingerprint density at radius 1 is 1.41 bits per heavy atom. The second kappa shape index (κ2) is 5.01. The van der Waals surface area contributed by atoms with Crippen molar-refractivity contribution in [2.45, 2.75) is 13.5 Å². The molecule has 2 aromatic heterocycles. The number of aryl methyl sites for hydroxylation is 1. The second-order valence-corrected chi connectivity index (χ2v) is 3.87. The Bertz CT molecular complexity index is 536. The van der Waals surface area contributed by atoms with Crippen molar-refractivity contribution in [1.82, 2.24) is 9.55 Å². The molecule has 4 nitrogen and oxygen atoms in total. The van der Waals surface area contributed by atoms with Crippen molar-refractivity contribution in [2.75, 3.05) is 5.32 Å². The molecule has 0 radical (unpaired) electrons. The van der Waals surface area contributed by atoms with E-state index in [1.54, 1.807) is 24.3 Å². The predicted molar refractivity (Wildman–Crippen MR) is 67.3 cm³/mol. The monoisotopic (exact) mass is 249 g/mol. The summed E-state index contributed by atoms with van der Waals surface area (Å²) in [5, 5.41) is 3.06. The van der Waals surface area contributed by atoms with Crippen LogP contribution >= 0.6 is 11.6 Å². The molecule has 0 aromatic carbocycles. The summed E-state index contributed by atoms with van der Waals surface area (Å²) in [7, 11) is 0. The molecule has 2 aromatic rings. The predicted octanol–water partition coefficient (Wildman–Crippen LogP) is 2.81. The number of rotatable bonds is 3. The van der Waals surface area contributed by atoms with E-state index >= 15 is 0 Å². The third-order valence-corrected chi connectivity index (χ3v) is 2.57. The van der Waals surface area contributed by atoms with Gasteiger partial charge >= 0.3 is 0 Å². The van der Waals surface area contributed by atoms with Crippen molar-refractivity contribution in [3.05, 3.63) is 47.4 Å². The highest BCUT2D eigenvalue weighted by atomic mass is 35.5. The molecule has 0 aliphatic heterocycles. The fraction of sp³-hybridized carbons (Fsp3) is 0.167. The number of carbonyl (C=O) groups is 1. The number of aromatic nitrogens is 2. The molecule has 0 fully saturated rings. The van der Waals surface area contributed by atoms with Crippen molar-refractivity contribution < 1.29 is 4.79 Å². The van der Waals surface area contributed by atoms with Gasteiger partial charge in [0.15, 0.2) is 0 Å². The van der Waals surface area contributed by atoms with Gasteiger partial charge in [0.05, 0.1) is 0 Å².